The molecule has 0 heterocycles. The maximum Gasteiger partial charge on any atom is 0.314 e. The number of benzene rings is 5. The Bertz CT molecular complexity index is 1790. The van der Waals surface area contributed by atoms with E-state index in [-0.39, 0.29) is 12.6 Å². The first-order valence-corrected chi connectivity index (χ1v) is 16.0. The molecular formula is C41H42O7. The number of ether oxygens (including phenoxy) is 6. The van der Waals surface area contributed by atoms with Crippen molar-refractivity contribution in [3.05, 3.63) is 149 Å². The Morgan fingerprint density at radius 1 is 0.562 bits per heavy atom. The lowest BCUT2D eigenvalue weighted by Crippen LogP contribution is -2.24. The quantitative estimate of drug-likeness (QED) is 0.105. The van der Waals surface area contributed by atoms with Crippen LogP contribution in [0.15, 0.2) is 115 Å². The van der Waals surface area contributed by atoms with Crippen LogP contribution in [0.2, 0.25) is 0 Å². The molecule has 5 aromatic carbocycles. The van der Waals surface area contributed by atoms with E-state index >= 15 is 0 Å². The van der Waals surface area contributed by atoms with Crippen molar-refractivity contribution in [2.75, 3.05) is 27.9 Å². The van der Waals surface area contributed by atoms with E-state index in [1.165, 1.54) is 0 Å². The zero-order chi connectivity index (χ0) is 33.9. The minimum atomic E-state index is -0.754. The number of hydrogen-bond donors (Lipinski definition) is 0. The molecule has 5 aromatic rings. The van der Waals surface area contributed by atoms with Gasteiger partial charge >= 0.3 is 5.97 Å². The molecule has 2 atom stereocenters. The van der Waals surface area contributed by atoms with Crippen LogP contribution in [0.4, 0.5) is 0 Å². The summed E-state index contributed by atoms with van der Waals surface area (Å²) in [7, 11) is 4.85. The number of carbonyl (C=O) groups is 1. The molecule has 0 radical (unpaired) electrons. The Kier molecular flexibility index (Phi) is 11.6. The summed E-state index contributed by atoms with van der Waals surface area (Å²) < 4.78 is 35.4. The predicted octanol–water partition coefficient (Wildman–Crippen LogP) is 8.66. The summed E-state index contributed by atoms with van der Waals surface area (Å²) in [5.41, 5.74) is 5.49. The van der Waals surface area contributed by atoms with Crippen LogP contribution in [0.3, 0.4) is 0 Å². The van der Waals surface area contributed by atoms with Gasteiger partial charge in [-0.1, -0.05) is 84.9 Å². The van der Waals surface area contributed by atoms with Gasteiger partial charge in [0, 0.05) is 5.92 Å². The summed E-state index contributed by atoms with van der Waals surface area (Å²) in [6.07, 6.45) is 0. The van der Waals surface area contributed by atoms with Crippen LogP contribution < -0.4 is 23.7 Å². The maximum absolute atomic E-state index is 14.0. The molecular weight excluding hydrogens is 604 g/mol. The van der Waals surface area contributed by atoms with Crippen molar-refractivity contribution in [2.45, 2.75) is 38.9 Å². The number of methoxy groups -OCH3 is 3. The molecule has 7 heteroatoms. The molecule has 0 aromatic heterocycles. The summed E-state index contributed by atoms with van der Waals surface area (Å²) in [4.78, 5) is 14.0. The molecule has 2 unspecified atom stereocenters. The van der Waals surface area contributed by atoms with E-state index in [9.17, 15) is 4.79 Å². The average Bonchev–Trinajstić information content (AvgIpc) is 3.13. The van der Waals surface area contributed by atoms with E-state index in [0.717, 1.165) is 33.6 Å². The number of esters is 1. The van der Waals surface area contributed by atoms with Crippen molar-refractivity contribution < 1.29 is 33.2 Å². The molecule has 0 N–H and O–H groups in total. The fourth-order valence-corrected chi connectivity index (χ4v) is 5.77. The molecule has 248 valence electrons. The molecule has 0 saturated carbocycles. The molecule has 0 saturated heterocycles. The third-order valence-electron chi connectivity index (χ3n) is 8.23. The minimum Gasteiger partial charge on any atom is -0.496 e. The lowest BCUT2D eigenvalue weighted by Gasteiger charge is -2.29. The highest BCUT2D eigenvalue weighted by atomic mass is 16.5. The first-order chi connectivity index (χ1) is 23.4. The van der Waals surface area contributed by atoms with Crippen LogP contribution in [0.1, 0.15) is 52.1 Å². The molecule has 7 nitrogen and oxygen atoms in total. The van der Waals surface area contributed by atoms with Crippen molar-refractivity contribution >= 4 is 5.97 Å². The first kappa shape index (κ1) is 33.9. The Hall–Kier alpha value is -5.43. The normalized spacial score (nSPS) is 12.0. The lowest BCUT2D eigenvalue weighted by atomic mass is 9.76. The van der Waals surface area contributed by atoms with Gasteiger partial charge in [-0.15, -0.1) is 0 Å². The van der Waals surface area contributed by atoms with E-state index in [4.69, 9.17) is 28.4 Å². The molecule has 0 fully saturated rings. The summed E-state index contributed by atoms with van der Waals surface area (Å²) >= 11 is 0. The van der Waals surface area contributed by atoms with Crippen molar-refractivity contribution in [1.29, 1.82) is 0 Å². The van der Waals surface area contributed by atoms with E-state index in [1.807, 2.05) is 129 Å². The van der Waals surface area contributed by atoms with Crippen LogP contribution >= 0.6 is 0 Å². The minimum absolute atomic E-state index is 0.226. The van der Waals surface area contributed by atoms with Gasteiger partial charge in [0.2, 0.25) is 0 Å². The fraction of sp³-hybridized carbons (Fsp3) is 0.244. The van der Waals surface area contributed by atoms with Crippen LogP contribution in [0.25, 0.3) is 0 Å². The number of rotatable bonds is 15. The second-order valence-electron chi connectivity index (χ2n) is 11.3. The van der Waals surface area contributed by atoms with Crippen LogP contribution in [0.5, 0.6) is 28.7 Å². The van der Waals surface area contributed by atoms with Gasteiger partial charge in [0.1, 0.15) is 19.0 Å². The molecule has 0 aliphatic heterocycles. The number of hydrogen-bond acceptors (Lipinski definition) is 7. The predicted molar refractivity (Wildman–Crippen MR) is 186 cm³/mol. The van der Waals surface area contributed by atoms with Gasteiger partial charge in [-0.2, -0.15) is 0 Å². The highest BCUT2D eigenvalue weighted by Crippen LogP contribution is 2.45. The second-order valence-corrected chi connectivity index (χ2v) is 11.3. The maximum atomic E-state index is 14.0. The monoisotopic (exact) mass is 646 g/mol. The van der Waals surface area contributed by atoms with E-state index in [2.05, 4.69) is 0 Å². The fourth-order valence-electron chi connectivity index (χ4n) is 5.77. The molecule has 0 aliphatic carbocycles. The highest BCUT2D eigenvalue weighted by molar-refractivity contribution is 5.81. The zero-order valence-corrected chi connectivity index (χ0v) is 28.1. The van der Waals surface area contributed by atoms with Gasteiger partial charge in [-0.3, -0.25) is 4.79 Å². The molecule has 0 bridgehead atoms. The smallest absolute Gasteiger partial charge is 0.314 e. The third kappa shape index (κ3) is 8.10. The number of aryl methyl sites for hydroxylation is 1. The Morgan fingerprint density at radius 2 is 1.02 bits per heavy atom. The van der Waals surface area contributed by atoms with Crippen molar-refractivity contribution in [3.63, 3.8) is 0 Å². The largest absolute Gasteiger partial charge is 0.496 e. The zero-order valence-electron chi connectivity index (χ0n) is 28.1. The van der Waals surface area contributed by atoms with Crippen molar-refractivity contribution in [3.8, 4) is 28.7 Å². The molecule has 5 rings (SSSR count). The summed E-state index contributed by atoms with van der Waals surface area (Å²) in [5, 5.41) is 0. The van der Waals surface area contributed by atoms with Gasteiger partial charge in [0.15, 0.2) is 23.0 Å². The lowest BCUT2D eigenvalue weighted by molar-refractivity contribution is -0.145. The molecule has 48 heavy (non-hydrogen) atoms. The molecule has 0 spiro atoms. The van der Waals surface area contributed by atoms with E-state index in [1.54, 1.807) is 21.3 Å². The van der Waals surface area contributed by atoms with Crippen LogP contribution in [-0.4, -0.2) is 33.9 Å². The Labute approximate surface area is 283 Å². The summed E-state index contributed by atoms with van der Waals surface area (Å²) in [6.45, 7) is 4.79. The SMILES string of the molecule is CCOC(=O)C(c1ccc(OCc2ccccc2)c(OC)c1)C(c1ccc(C)c(OC)c1)c1ccc(OCc2ccccc2)c(OC)c1. The highest BCUT2D eigenvalue weighted by Gasteiger charge is 2.35. The van der Waals surface area contributed by atoms with Crippen LogP contribution in [0, 0.1) is 6.92 Å². The van der Waals surface area contributed by atoms with E-state index < -0.39 is 11.8 Å². The van der Waals surface area contributed by atoms with E-state index in [0.29, 0.717) is 41.8 Å². The Morgan fingerprint density at radius 3 is 1.52 bits per heavy atom. The first-order valence-electron chi connectivity index (χ1n) is 16.0. The summed E-state index contributed by atoms with van der Waals surface area (Å²) in [6, 6.07) is 37.3. The Balaban J connectivity index is 1.59. The standard InChI is InChI=1S/C41H42O7/c1-6-46-41(42)40(33-20-22-35(38(25-33)45-5)48-27-30-15-11-8-12-16-30)39(31-18-17-28(2)36(23-31)43-3)32-19-21-34(37(24-32)44-4)47-26-29-13-9-7-10-14-29/h7-25,39-40H,6,26-27H2,1-5H3. The van der Waals surface area contributed by atoms with Crippen molar-refractivity contribution in [2.24, 2.45) is 0 Å². The van der Waals surface area contributed by atoms with Gasteiger partial charge in [-0.05, 0) is 77.6 Å². The van der Waals surface area contributed by atoms with Gasteiger partial charge in [-0.25, -0.2) is 0 Å². The van der Waals surface area contributed by atoms with Crippen LogP contribution in [-0.2, 0) is 22.7 Å². The molecule has 0 aliphatic rings. The topological polar surface area (TPSA) is 72.5 Å². The average molecular weight is 647 g/mol. The number of carbonyl (C=O) groups excluding carboxylic acids is 1. The van der Waals surface area contributed by atoms with Crippen molar-refractivity contribution in [1.82, 2.24) is 0 Å². The molecule has 0 amide bonds. The second kappa shape index (κ2) is 16.4. The van der Waals surface area contributed by atoms with Gasteiger partial charge in [0.05, 0.1) is 33.9 Å². The van der Waals surface area contributed by atoms with Gasteiger partial charge in [0.25, 0.3) is 0 Å². The summed E-state index contributed by atoms with van der Waals surface area (Å²) in [5.74, 6) is 1.34. The third-order valence-corrected chi connectivity index (χ3v) is 8.23. The van der Waals surface area contributed by atoms with Gasteiger partial charge < -0.3 is 28.4 Å².